The maximum atomic E-state index is 15.1. The minimum Gasteiger partial charge on any atom is -0.494 e. The van der Waals surface area contributed by atoms with E-state index in [-0.39, 0.29) is 80.8 Å². The van der Waals surface area contributed by atoms with Gasteiger partial charge in [-0.15, -0.1) is 0 Å². The van der Waals surface area contributed by atoms with Gasteiger partial charge in [0.25, 0.3) is 5.91 Å². The van der Waals surface area contributed by atoms with Crippen molar-refractivity contribution in [2.45, 2.75) is 203 Å². The summed E-state index contributed by atoms with van der Waals surface area (Å²) in [5.41, 5.74) is 18.3. The molecule has 3 aliphatic heterocycles. The smallest absolute Gasteiger partial charge is 0.305 e. The predicted molar refractivity (Wildman–Crippen MR) is 348 cm³/mol. The normalized spacial score (nSPS) is 26.2. The van der Waals surface area contributed by atoms with Gasteiger partial charge in [-0.1, -0.05) is 51.3 Å². The number of oxime groups is 1. The van der Waals surface area contributed by atoms with Gasteiger partial charge in [-0.2, -0.15) is 23.5 Å². The second-order valence-electron chi connectivity index (χ2n) is 23.3. The number of rotatable bonds is 15. The zero-order valence-electron chi connectivity index (χ0n) is 53.8. The Hall–Kier alpha value is -8.43. The molecule has 3 heterocycles. The first kappa shape index (κ1) is 78.0. The summed E-state index contributed by atoms with van der Waals surface area (Å²) in [6.07, 6.45) is 3.31. The van der Waals surface area contributed by atoms with Crippen LogP contribution in [0.5, 0.6) is 5.75 Å². The number of primary amides is 1. The highest BCUT2D eigenvalue weighted by atomic mass is 32.2. The van der Waals surface area contributed by atoms with Crippen LogP contribution in [0.3, 0.4) is 0 Å². The maximum Gasteiger partial charge on any atom is 0.305 e. The second kappa shape index (κ2) is 40.6. The van der Waals surface area contributed by atoms with E-state index in [1.165, 1.54) is 42.3 Å². The number of aliphatic imine (C=N–C) groups is 1. The van der Waals surface area contributed by atoms with E-state index in [1.807, 2.05) is 13.0 Å². The zero-order valence-corrected chi connectivity index (χ0v) is 55.5. The van der Waals surface area contributed by atoms with Gasteiger partial charge in [-0.05, 0) is 107 Å². The molecule has 4 bridgehead atoms. The Morgan fingerprint density at radius 3 is 1.86 bits per heavy atom. The van der Waals surface area contributed by atoms with Gasteiger partial charge in [-0.3, -0.25) is 67.3 Å². The molecule has 0 aromatic heterocycles. The molecule has 4 rings (SSSR count). The highest BCUT2D eigenvalue weighted by Gasteiger charge is 2.41. The minimum absolute atomic E-state index is 0.00208. The minimum atomic E-state index is -1.83. The van der Waals surface area contributed by atoms with Crippen LogP contribution in [0.1, 0.15) is 142 Å². The van der Waals surface area contributed by atoms with Gasteiger partial charge in [0.15, 0.2) is 5.96 Å². The van der Waals surface area contributed by atoms with Crippen LogP contribution in [-0.4, -0.2) is 202 Å². The number of carbonyl (C=O) groups excluding carboxylic acids is 11. The molecular weight excluding hydrogens is 1270 g/mol. The quantitative estimate of drug-likeness (QED) is 0.0547. The largest absolute Gasteiger partial charge is 0.494 e. The number of ether oxygens (including phenoxy) is 1. The van der Waals surface area contributed by atoms with E-state index < -0.39 is 163 Å². The van der Waals surface area contributed by atoms with Gasteiger partial charge in [-0.25, -0.2) is 0 Å². The number of nitrogens with one attached hydrogen (secondary N) is 9. The Morgan fingerprint density at radius 1 is 0.649 bits per heavy atom. The van der Waals surface area contributed by atoms with Gasteiger partial charge in [0.2, 0.25) is 59.1 Å². The van der Waals surface area contributed by atoms with E-state index >= 15 is 4.79 Å². The van der Waals surface area contributed by atoms with Crippen LogP contribution in [-0.2, 0) is 78.7 Å². The number of benzene rings is 1. The summed E-state index contributed by atoms with van der Waals surface area (Å²) in [6.45, 7) is 8.22. The van der Waals surface area contributed by atoms with Crippen LogP contribution in [0.15, 0.2) is 28.3 Å². The first-order valence-corrected chi connectivity index (χ1v) is 33.9. The Labute approximate surface area is 554 Å². The number of fused-ring (bicyclic) bond motifs is 6. The molecule has 1 aromatic rings. The third-order valence-corrected chi connectivity index (χ3v) is 17.7. The van der Waals surface area contributed by atoms with Crippen molar-refractivity contribution in [3.8, 4) is 5.75 Å². The number of hydrogen-bond acceptors (Lipinski definition) is 19. The summed E-state index contributed by atoms with van der Waals surface area (Å²) < 4.78 is 6.25. The fraction of sp³-hybridized carbons (Fsp3) is 0.650. The first-order valence-electron chi connectivity index (χ1n) is 31.6. The van der Waals surface area contributed by atoms with Crippen LogP contribution in [0.4, 0.5) is 0 Å². The summed E-state index contributed by atoms with van der Waals surface area (Å²) >= 11 is 2.43. The van der Waals surface area contributed by atoms with Crippen molar-refractivity contribution in [2.75, 3.05) is 37.8 Å². The molecule has 17 N–H and O–H groups in total. The van der Waals surface area contributed by atoms with Gasteiger partial charge in [0, 0.05) is 42.5 Å². The highest BCUT2D eigenvalue weighted by molar-refractivity contribution is 7.98. The van der Waals surface area contributed by atoms with E-state index in [2.05, 4.69) is 58.0 Å². The number of thioether (sulfide) groups is 2. The third kappa shape index (κ3) is 27.3. The number of carboxylic acids is 2. The second-order valence-corrected chi connectivity index (χ2v) is 25.3. The average molecular weight is 1360 g/mol. The number of hydrogen-bond donors (Lipinski definition) is 14. The molecule has 94 heavy (non-hydrogen) atoms. The van der Waals surface area contributed by atoms with Crippen LogP contribution < -0.4 is 69.8 Å². The molecule has 11 amide bonds. The van der Waals surface area contributed by atoms with Gasteiger partial charge >= 0.3 is 11.9 Å². The van der Waals surface area contributed by atoms with E-state index in [0.29, 0.717) is 55.6 Å². The first-order chi connectivity index (χ1) is 44.7. The fourth-order valence-electron chi connectivity index (χ4n) is 10.1. The molecule has 0 radical (unpaired) electrons. The topological polar surface area (TPSA) is 495 Å². The van der Waals surface area contributed by atoms with E-state index in [9.17, 15) is 67.7 Å². The van der Waals surface area contributed by atoms with E-state index in [1.54, 1.807) is 26.0 Å². The SMILES string of the molecule is CCCC[C@@H]1NC(=O)[C@@H]2CCCN2C(=O)[C@@H]2CSCc3cc(cc(c3)OCCCCCCO/N=C/C(=O)N[C@@H](CCCN=C(N)N)C(=O)N2)CSC[C@@H](C(N)=O)NC(=O)[C@H](CCC(=O)O)NC(=O)[C@H](C)NC(=O)[C@H](C)NC(=O)[C@H]([C@@H](C)CC)NC(=O)[C@H](CC(=O)O)NC1=O. The molecule has 0 saturated carbocycles. The molecule has 0 spiro atoms. The monoisotopic (exact) mass is 1360 g/mol. The standard InChI is InChI=1S/C60H93N15O17S2/c1-6-8-15-40-54(85)71-42(27-48(79)80)56(87)74-49(33(3)7-2)58(89)67-34(4)51(82)66-35(5)52(83)69-41(18-19-47(77)78)55(86)72-43(50(61)81)31-93-29-36-24-37-26-38(25-36)91-22-11-9-10-12-23-92-65-28-46(76)68-39(16-13-20-64-60(62)63)53(84)73-44(32-94-30-37)59(90)75-21-14-17-45(75)57(88)70-40/h24-26,28,33-35,39-45,49H,6-23,27,29-32H2,1-5H3,(H2,61,81)(H,66,82)(H,67,89)(H,68,76)(H,69,83)(H,70,88)(H,71,85)(H,72,86)(H,73,84)(H,74,87)(H,77,78)(H,79,80)(H4,62,63,64)/b65-28+/t33-,34-,35-,39-,40-,41-,42-,43-,44-,45-,49-/m0/s1. The Balaban J connectivity index is 1.84. The Kier molecular flexibility index (Phi) is 33.7. The lowest BCUT2D eigenvalue weighted by Gasteiger charge is -2.31. The van der Waals surface area contributed by atoms with Crippen molar-refractivity contribution in [3.63, 3.8) is 0 Å². The molecule has 1 saturated heterocycles. The van der Waals surface area contributed by atoms with Crippen LogP contribution in [0.2, 0.25) is 0 Å². The number of nitrogens with zero attached hydrogens (tertiary/aromatic N) is 3. The average Bonchev–Trinajstić information content (AvgIpc) is 1.67. The molecule has 522 valence electrons. The van der Waals surface area contributed by atoms with Crippen molar-refractivity contribution < 1.29 is 82.1 Å². The van der Waals surface area contributed by atoms with Crippen LogP contribution in [0.25, 0.3) is 0 Å². The summed E-state index contributed by atoms with van der Waals surface area (Å²) in [5.74, 6) is -12.8. The lowest BCUT2D eigenvalue weighted by molar-refractivity contribution is -0.143. The summed E-state index contributed by atoms with van der Waals surface area (Å²) in [6, 6.07) is -8.78. The van der Waals surface area contributed by atoms with Gasteiger partial charge < -0.3 is 89.7 Å². The van der Waals surface area contributed by atoms with Crippen LogP contribution in [0, 0.1) is 5.92 Å². The molecule has 0 aliphatic carbocycles. The molecule has 11 atom stereocenters. The van der Waals surface area contributed by atoms with Crippen molar-refractivity contribution in [1.29, 1.82) is 0 Å². The van der Waals surface area contributed by atoms with Crippen molar-refractivity contribution >= 4 is 113 Å². The van der Waals surface area contributed by atoms with E-state index in [4.69, 9.17) is 26.8 Å². The molecular formula is C60H93N15O17S2. The van der Waals surface area contributed by atoms with Crippen molar-refractivity contribution in [2.24, 2.45) is 33.3 Å². The van der Waals surface area contributed by atoms with Crippen LogP contribution >= 0.6 is 23.5 Å². The summed E-state index contributed by atoms with van der Waals surface area (Å²) in [4.78, 5) is 188. The lowest BCUT2D eigenvalue weighted by atomic mass is 9.97. The number of aliphatic carboxylic acids is 2. The van der Waals surface area contributed by atoms with Gasteiger partial charge in [0.05, 0.1) is 13.0 Å². The van der Waals surface area contributed by atoms with Crippen molar-refractivity contribution in [3.05, 3.63) is 29.3 Å². The lowest BCUT2D eigenvalue weighted by Crippen LogP contribution is -2.61. The molecule has 3 aliphatic rings. The zero-order chi connectivity index (χ0) is 69.4. The molecule has 0 unspecified atom stereocenters. The number of guanidine groups is 1. The summed E-state index contributed by atoms with van der Waals surface area (Å²) in [5, 5.41) is 46.3. The van der Waals surface area contributed by atoms with E-state index in [0.717, 1.165) is 19.1 Å². The molecule has 1 aromatic carbocycles. The number of amides is 11. The molecule has 32 nitrogen and oxygen atoms in total. The third-order valence-electron chi connectivity index (χ3n) is 15.5. The Morgan fingerprint density at radius 2 is 1.22 bits per heavy atom. The summed E-state index contributed by atoms with van der Waals surface area (Å²) in [7, 11) is 0. The number of nitrogens with two attached hydrogens (primary N) is 3. The Bertz CT molecular complexity index is 2880. The molecule has 1 fully saturated rings. The van der Waals surface area contributed by atoms with Gasteiger partial charge in [0.1, 0.15) is 79.0 Å². The predicted octanol–water partition coefficient (Wildman–Crippen LogP) is -1.37. The molecule has 34 heteroatoms. The van der Waals surface area contributed by atoms with Crippen molar-refractivity contribution in [1.82, 2.24) is 52.8 Å². The fourth-order valence-corrected chi connectivity index (χ4v) is 12.1. The number of carboxylic acid groups (broad SMARTS) is 2. The highest BCUT2D eigenvalue weighted by Crippen LogP contribution is 2.27. The number of carbonyl (C=O) groups is 13. The number of unbranched alkanes of at least 4 members (excludes halogenated alkanes) is 1. The maximum absolute atomic E-state index is 15.1.